The molecule has 1 aromatic rings. The van der Waals surface area contributed by atoms with Gasteiger partial charge in [-0.2, -0.15) is 0 Å². The van der Waals surface area contributed by atoms with Gasteiger partial charge in [-0.1, -0.05) is 13.8 Å². The zero-order chi connectivity index (χ0) is 11.2. The second kappa shape index (κ2) is 3.08. The van der Waals surface area contributed by atoms with Crippen LogP contribution in [0.5, 0.6) is 0 Å². The minimum Gasteiger partial charge on any atom is -0.481 e. The maximum absolute atomic E-state index is 11.0. The van der Waals surface area contributed by atoms with Gasteiger partial charge < -0.3 is 9.67 Å². The first-order chi connectivity index (χ1) is 7.00. The lowest BCUT2D eigenvalue weighted by Gasteiger charge is -2.04. The first-order valence-electron chi connectivity index (χ1n) is 5.24. The summed E-state index contributed by atoms with van der Waals surface area (Å²) in [5, 5.41) is 9.08. The van der Waals surface area contributed by atoms with Gasteiger partial charge in [-0.15, -0.1) is 0 Å². The summed E-state index contributed by atoms with van der Waals surface area (Å²) in [6.07, 6.45) is 3.65. The molecule has 1 aliphatic carbocycles. The van der Waals surface area contributed by atoms with Crippen LogP contribution in [0.15, 0.2) is 12.4 Å². The standard InChI is InChI=1S/C11H16N2O2/c1-4-13-6-5-12-9(13)7-8(10(14)15)11(7,2)3/h5-8H,4H2,1-3H3,(H,14,15)/t7-,8-/m1/s1. The van der Waals surface area contributed by atoms with Crippen molar-refractivity contribution in [1.29, 1.82) is 0 Å². The summed E-state index contributed by atoms with van der Waals surface area (Å²) in [5.74, 6) is -0.0271. The molecule has 1 aromatic heterocycles. The van der Waals surface area contributed by atoms with Gasteiger partial charge in [0.15, 0.2) is 0 Å². The molecule has 0 spiro atoms. The van der Waals surface area contributed by atoms with E-state index in [0.717, 1.165) is 12.4 Å². The molecular weight excluding hydrogens is 192 g/mol. The molecule has 1 aliphatic rings. The van der Waals surface area contributed by atoms with E-state index in [4.69, 9.17) is 5.11 Å². The predicted octanol–water partition coefficient (Wildman–Crippen LogP) is 1.73. The molecule has 0 unspecified atom stereocenters. The van der Waals surface area contributed by atoms with E-state index in [-0.39, 0.29) is 17.3 Å². The van der Waals surface area contributed by atoms with E-state index in [0.29, 0.717) is 0 Å². The van der Waals surface area contributed by atoms with Crippen LogP contribution >= 0.6 is 0 Å². The van der Waals surface area contributed by atoms with Gasteiger partial charge in [0.2, 0.25) is 0 Å². The summed E-state index contributed by atoms with van der Waals surface area (Å²) in [4.78, 5) is 15.3. The molecule has 2 rings (SSSR count). The number of aromatic nitrogens is 2. The molecule has 1 heterocycles. The smallest absolute Gasteiger partial charge is 0.307 e. The van der Waals surface area contributed by atoms with Crippen LogP contribution in [0.1, 0.15) is 32.5 Å². The number of aliphatic carboxylic acids is 1. The molecule has 1 fully saturated rings. The van der Waals surface area contributed by atoms with Gasteiger partial charge in [-0.25, -0.2) is 4.98 Å². The van der Waals surface area contributed by atoms with E-state index in [1.165, 1.54) is 0 Å². The van der Waals surface area contributed by atoms with Crippen molar-refractivity contribution in [1.82, 2.24) is 9.55 Å². The Labute approximate surface area is 88.9 Å². The first kappa shape index (κ1) is 10.2. The van der Waals surface area contributed by atoms with Crippen LogP contribution in [0, 0.1) is 11.3 Å². The maximum atomic E-state index is 11.0. The second-order valence-corrected chi connectivity index (χ2v) is 4.69. The van der Waals surface area contributed by atoms with Crippen molar-refractivity contribution in [2.24, 2.45) is 11.3 Å². The maximum Gasteiger partial charge on any atom is 0.307 e. The highest BCUT2D eigenvalue weighted by atomic mass is 16.4. The van der Waals surface area contributed by atoms with Crippen LogP contribution < -0.4 is 0 Å². The Kier molecular flexibility index (Phi) is 2.10. The fourth-order valence-corrected chi connectivity index (χ4v) is 2.45. The van der Waals surface area contributed by atoms with Crippen LogP contribution in [0.25, 0.3) is 0 Å². The van der Waals surface area contributed by atoms with E-state index in [2.05, 4.69) is 4.98 Å². The summed E-state index contributed by atoms with van der Waals surface area (Å²) in [5.41, 5.74) is -0.163. The molecule has 4 heteroatoms. The Morgan fingerprint density at radius 1 is 1.67 bits per heavy atom. The summed E-state index contributed by atoms with van der Waals surface area (Å²) in [6, 6.07) is 0. The van der Waals surface area contributed by atoms with Gasteiger partial charge in [0.1, 0.15) is 5.82 Å². The third-order valence-electron chi connectivity index (χ3n) is 3.46. The molecule has 0 aromatic carbocycles. The van der Waals surface area contributed by atoms with Gasteiger partial charge in [0, 0.05) is 24.9 Å². The Morgan fingerprint density at radius 3 is 2.80 bits per heavy atom. The number of carboxylic acid groups (broad SMARTS) is 1. The number of hydrogen-bond donors (Lipinski definition) is 1. The lowest BCUT2D eigenvalue weighted by atomic mass is 10.1. The van der Waals surface area contributed by atoms with Crippen molar-refractivity contribution in [3.8, 4) is 0 Å². The van der Waals surface area contributed by atoms with Crippen molar-refractivity contribution in [3.05, 3.63) is 18.2 Å². The summed E-state index contributed by atoms with van der Waals surface area (Å²) < 4.78 is 2.02. The summed E-state index contributed by atoms with van der Waals surface area (Å²) in [6.45, 7) is 6.86. The topological polar surface area (TPSA) is 55.1 Å². The highest BCUT2D eigenvalue weighted by Gasteiger charge is 2.64. The molecule has 0 aliphatic heterocycles. The van der Waals surface area contributed by atoms with Gasteiger partial charge in [-0.3, -0.25) is 4.79 Å². The Morgan fingerprint density at radius 2 is 2.33 bits per heavy atom. The van der Waals surface area contributed by atoms with Crippen LogP contribution in [0.4, 0.5) is 0 Å². The number of aryl methyl sites for hydroxylation is 1. The monoisotopic (exact) mass is 208 g/mol. The Hall–Kier alpha value is -1.32. The van der Waals surface area contributed by atoms with Gasteiger partial charge in [0.05, 0.1) is 5.92 Å². The van der Waals surface area contributed by atoms with E-state index in [1.54, 1.807) is 6.20 Å². The zero-order valence-electron chi connectivity index (χ0n) is 9.27. The normalized spacial score (nSPS) is 27.7. The lowest BCUT2D eigenvalue weighted by Crippen LogP contribution is -2.04. The number of imidazole rings is 1. The average molecular weight is 208 g/mol. The highest BCUT2D eigenvalue weighted by Crippen LogP contribution is 2.63. The van der Waals surface area contributed by atoms with Crippen LogP contribution in [-0.4, -0.2) is 20.6 Å². The lowest BCUT2D eigenvalue weighted by molar-refractivity contribution is -0.139. The number of carbonyl (C=O) groups is 1. The third-order valence-corrected chi connectivity index (χ3v) is 3.46. The number of nitrogens with zero attached hydrogens (tertiary/aromatic N) is 2. The van der Waals surface area contributed by atoms with Crippen LogP contribution in [0.3, 0.4) is 0 Å². The molecule has 0 radical (unpaired) electrons. The van der Waals surface area contributed by atoms with E-state index >= 15 is 0 Å². The van der Waals surface area contributed by atoms with Crippen molar-refractivity contribution < 1.29 is 9.90 Å². The van der Waals surface area contributed by atoms with Gasteiger partial charge in [-0.05, 0) is 12.3 Å². The fraction of sp³-hybridized carbons (Fsp3) is 0.636. The minimum atomic E-state index is -0.712. The van der Waals surface area contributed by atoms with Crippen molar-refractivity contribution >= 4 is 5.97 Å². The van der Waals surface area contributed by atoms with Crippen LogP contribution in [-0.2, 0) is 11.3 Å². The van der Waals surface area contributed by atoms with Gasteiger partial charge >= 0.3 is 5.97 Å². The zero-order valence-corrected chi connectivity index (χ0v) is 9.27. The van der Waals surface area contributed by atoms with Gasteiger partial charge in [0.25, 0.3) is 0 Å². The quantitative estimate of drug-likeness (QED) is 0.823. The van der Waals surface area contributed by atoms with E-state index < -0.39 is 5.97 Å². The molecule has 1 saturated carbocycles. The SMILES string of the molecule is CCn1ccnc1[C@H]1[C@H](C(=O)O)C1(C)C. The Balaban J connectivity index is 2.31. The predicted molar refractivity (Wildman–Crippen MR) is 55.5 cm³/mol. The minimum absolute atomic E-state index is 0.0601. The second-order valence-electron chi connectivity index (χ2n) is 4.69. The molecule has 0 bridgehead atoms. The van der Waals surface area contributed by atoms with Crippen LogP contribution in [0.2, 0.25) is 0 Å². The molecule has 0 amide bonds. The first-order valence-corrected chi connectivity index (χ1v) is 5.24. The van der Waals surface area contributed by atoms with Crippen molar-refractivity contribution in [3.63, 3.8) is 0 Å². The number of rotatable bonds is 3. The molecule has 2 atom stereocenters. The fourth-order valence-electron chi connectivity index (χ4n) is 2.45. The molecular formula is C11H16N2O2. The molecule has 82 valence electrons. The molecule has 0 saturated heterocycles. The van der Waals surface area contributed by atoms with E-state index in [1.807, 2.05) is 31.5 Å². The van der Waals surface area contributed by atoms with E-state index in [9.17, 15) is 4.79 Å². The Bertz CT molecular complexity index is 395. The van der Waals surface area contributed by atoms with Crippen molar-refractivity contribution in [2.45, 2.75) is 33.2 Å². The summed E-state index contributed by atoms with van der Waals surface area (Å²) >= 11 is 0. The third kappa shape index (κ3) is 1.35. The number of carboxylic acids is 1. The summed E-state index contributed by atoms with van der Waals surface area (Å²) in [7, 11) is 0. The highest BCUT2D eigenvalue weighted by molar-refractivity contribution is 5.77. The molecule has 15 heavy (non-hydrogen) atoms. The average Bonchev–Trinajstić information content (AvgIpc) is 2.58. The largest absolute Gasteiger partial charge is 0.481 e. The molecule has 1 N–H and O–H groups in total. The number of hydrogen-bond acceptors (Lipinski definition) is 2. The molecule has 4 nitrogen and oxygen atoms in total. The van der Waals surface area contributed by atoms with Crippen molar-refractivity contribution in [2.75, 3.05) is 0 Å².